The van der Waals surface area contributed by atoms with Crippen LogP contribution in [0.15, 0.2) is 18.6 Å². The molecule has 7 heteroatoms. The smallest absolute Gasteiger partial charge is 0.218 e. The highest BCUT2D eigenvalue weighted by atomic mass is 16.5. The first-order valence-corrected chi connectivity index (χ1v) is 8.67. The third kappa shape index (κ3) is 3.51. The summed E-state index contributed by atoms with van der Waals surface area (Å²) in [4.78, 5) is 15.5. The van der Waals surface area contributed by atoms with Gasteiger partial charge < -0.3 is 19.5 Å². The van der Waals surface area contributed by atoms with Gasteiger partial charge in [0, 0.05) is 38.7 Å². The molecule has 24 heavy (non-hydrogen) atoms. The first kappa shape index (κ1) is 15.4. The lowest BCUT2D eigenvalue weighted by molar-refractivity contribution is 0.268. The fraction of sp³-hybridized carbons (Fsp3) is 0.588. The maximum absolute atomic E-state index is 5.13. The van der Waals surface area contributed by atoms with Crippen LogP contribution in [0.2, 0.25) is 0 Å². The molecule has 0 bridgehead atoms. The summed E-state index contributed by atoms with van der Waals surface area (Å²) in [5.74, 6) is 3.48. The van der Waals surface area contributed by atoms with Gasteiger partial charge in [0.15, 0.2) is 0 Å². The summed E-state index contributed by atoms with van der Waals surface area (Å²) in [5, 5.41) is 3.34. The summed E-state index contributed by atoms with van der Waals surface area (Å²) < 4.78 is 7.49. The molecule has 0 amide bonds. The Morgan fingerprint density at radius 1 is 1.21 bits per heavy atom. The number of ether oxygens (including phenoxy) is 1. The number of hydrogen-bond donors (Lipinski definition) is 1. The average molecular weight is 328 g/mol. The van der Waals surface area contributed by atoms with Crippen LogP contribution in [0.5, 0.6) is 5.88 Å². The number of fused-ring (bicyclic) bond motifs is 1. The Kier molecular flexibility index (Phi) is 4.34. The van der Waals surface area contributed by atoms with Gasteiger partial charge in [-0.05, 0) is 18.8 Å². The molecule has 0 aromatic carbocycles. The van der Waals surface area contributed by atoms with Crippen LogP contribution in [0.4, 0.5) is 5.82 Å². The predicted octanol–water partition coefficient (Wildman–Crippen LogP) is 1.56. The van der Waals surface area contributed by atoms with Crippen LogP contribution < -0.4 is 10.1 Å². The minimum absolute atomic E-state index is 0.565. The molecule has 0 radical (unpaired) electrons. The Morgan fingerprint density at radius 2 is 2.12 bits per heavy atom. The van der Waals surface area contributed by atoms with Crippen molar-refractivity contribution in [1.82, 2.24) is 24.4 Å². The van der Waals surface area contributed by atoms with Gasteiger partial charge >= 0.3 is 0 Å². The normalized spacial score (nSPS) is 18.0. The summed E-state index contributed by atoms with van der Waals surface area (Å²) in [6.07, 6.45) is 7.36. The Balaban J connectivity index is 1.39. The molecule has 1 aliphatic heterocycles. The van der Waals surface area contributed by atoms with Crippen molar-refractivity contribution in [2.75, 3.05) is 32.1 Å². The van der Waals surface area contributed by atoms with E-state index >= 15 is 0 Å². The van der Waals surface area contributed by atoms with E-state index in [1.54, 1.807) is 13.2 Å². The molecule has 2 aliphatic rings. The molecule has 4 rings (SSSR count). The van der Waals surface area contributed by atoms with Gasteiger partial charge in [0.25, 0.3) is 0 Å². The first-order valence-electron chi connectivity index (χ1n) is 8.67. The molecule has 2 aromatic rings. The molecule has 1 fully saturated rings. The number of aromatic nitrogens is 4. The van der Waals surface area contributed by atoms with Crippen molar-refractivity contribution in [2.24, 2.45) is 5.92 Å². The molecule has 0 unspecified atom stereocenters. The summed E-state index contributed by atoms with van der Waals surface area (Å²) >= 11 is 0. The zero-order valence-corrected chi connectivity index (χ0v) is 14.1. The highest BCUT2D eigenvalue weighted by molar-refractivity contribution is 5.37. The third-order valence-electron chi connectivity index (χ3n) is 4.83. The van der Waals surface area contributed by atoms with Gasteiger partial charge in [-0.25, -0.2) is 15.0 Å². The van der Waals surface area contributed by atoms with Gasteiger partial charge in [0.2, 0.25) is 5.88 Å². The summed E-state index contributed by atoms with van der Waals surface area (Å²) in [6.45, 7) is 5.23. The Bertz CT molecular complexity index is 696. The highest BCUT2D eigenvalue weighted by Crippen LogP contribution is 2.30. The SMILES string of the molecule is COc1cc(NCc2cnc3n2CCN(CC2CC2)CC3)ncn1. The standard InChI is InChI=1S/C17H24N6O/c1-24-17-8-15(20-12-21-17)18-9-14-10-19-16-4-5-22(6-7-23(14)16)11-13-2-3-13/h8,10,12-13H,2-7,9,11H2,1H3,(H,18,20,21). The number of methoxy groups -OCH3 is 1. The molecule has 1 N–H and O–H groups in total. The highest BCUT2D eigenvalue weighted by Gasteiger charge is 2.25. The van der Waals surface area contributed by atoms with Crippen molar-refractivity contribution in [2.45, 2.75) is 32.4 Å². The van der Waals surface area contributed by atoms with E-state index in [4.69, 9.17) is 4.74 Å². The molecule has 0 spiro atoms. The van der Waals surface area contributed by atoms with Crippen LogP contribution in [0, 0.1) is 5.92 Å². The van der Waals surface area contributed by atoms with Crippen LogP contribution in [0.3, 0.4) is 0 Å². The fourth-order valence-corrected chi connectivity index (χ4v) is 3.26. The Morgan fingerprint density at radius 3 is 2.96 bits per heavy atom. The minimum atomic E-state index is 0.565. The first-order chi connectivity index (χ1) is 11.8. The zero-order chi connectivity index (χ0) is 16.4. The maximum Gasteiger partial charge on any atom is 0.218 e. The summed E-state index contributed by atoms with van der Waals surface area (Å²) in [7, 11) is 1.61. The molecule has 7 nitrogen and oxygen atoms in total. The molecule has 3 heterocycles. The van der Waals surface area contributed by atoms with Crippen molar-refractivity contribution in [1.29, 1.82) is 0 Å². The van der Waals surface area contributed by atoms with Crippen molar-refractivity contribution in [3.63, 3.8) is 0 Å². The van der Waals surface area contributed by atoms with E-state index in [0.29, 0.717) is 12.4 Å². The van der Waals surface area contributed by atoms with Crippen LogP contribution >= 0.6 is 0 Å². The second-order valence-electron chi connectivity index (χ2n) is 6.61. The van der Waals surface area contributed by atoms with E-state index in [2.05, 4.69) is 29.7 Å². The van der Waals surface area contributed by atoms with E-state index in [1.807, 2.05) is 6.20 Å². The number of anilines is 1. The van der Waals surface area contributed by atoms with Gasteiger partial charge in [-0.3, -0.25) is 0 Å². The van der Waals surface area contributed by atoms with Crippen LogP contribution in [-0.4, -0.2) is 51.2 Å². The number of nitrogens with zero attached hydrogens (tertiary/aromatic N) is 5. The fourth-order valence-electron chi connectivity index (χ4n) is 3.26. The van der Waals surface area contributed by atoms with Crippen LogP contribution in [-0.2, 0) is 19.5 Å². The average Bonchev–Trinajstić information content (AvgIpc) is 3.38. The van der Waals surface area contributed by atoms with Crippen molar-refractivity contribution in [3.8, 4) is 5.88 Å². The molecular weight excluding hydrogens is 304 g/mol. The molecule has 2 aromatic heterocycles. The van der Waals surface area contributed by atoms with Gasteiger partial charge in [0.05, 0.1) is 25.5 Å². The second kappa shape index (κ2) is 6.76. The maximum atomic E-state index is 5.13. The minimum Gasteiger partial charge on any atom is -0.481 e. The molecule has 0 saturated heterocycles. The number of imidazole rings is 1. The predicted molar refractivity (Wildman–Crippen MR) is 91.0 cm³/mol. The van der Waals surface area contributed by atoms with E-state index in [0.717, 1.165) is 37.8 Å². The quantitative estimate of drug-likeness (QED) is 0.868. The number of nitrogens with one attached hydrogen (secondary N) is 1. The van der Waals surface area contributed by atoms with Crippen LogP contribution in [0.1, 0.15) is 24.4 Å². The van der Waals surface area contributed by atoms with Crippen molar-refractivity contribution >= 4 is 5.82 Å². The van der Waals surface area contributed by atoms with E-state index in [9.17, 15) is 0 Å². The van der Waals surface area contributed by atoms with Crippen LogP contribution in [0.25, 0.3) is 0 Å². The zero-order valence-electron chi connectivity index (χ0n) is 14.1. The van der Waals surface area contributed by atoms with Gasteiger partial charge in [-0.2, -0.15) is 0 Å². The Labute approximate surface area is 142 Å². The summed E-state index contributed by atoms with van der Waals surface area (Å²) in [6, 6.07) is 1.80. The Hall–Kier alpha value is -2.15. The molecule has 1 aliphatic carbocycles. The van der Waals surface area contributed by atoms with Crippen molar-refractivity contribution < 1.29 is 4.74 Å². The number of hydrogen-bond acceptors (Lipinski definition) is 6. The largest absolute Gasteiger partial charge is 0.481 e. The van der Waals surface area contributed by atoms with E-state index in [-0.39, 0.29) is 0 Å². The third-order valence-corrected chi connectivity index (χ3v) is 4.83. The topological polar surface area (TPSA) is 68.1 Å². The second-order valence-corrected chi connectivity index (χ2v) is 6.61. The molecule has 0 atom stereocenters. The van der Waals surface area contributed by atoms with Gasteiger partial charge in [-0.1, -0.05) is 0 Å². The van der Waals surface area contributed by atoms with E-state index < -0.39 is 0 Å². The van der Waals surface area contributed by atoms with Crippen molar-refractivity contribution in [3.05, 3.63) is 30.1 Å². The molecular formula is C17H24N6O. The lowest BCUT2D eigenvalue weighted by Gasteiger charge is -2.19. The summed E-state index contributed by atoms with van der Waals surface area (Å²) in [5.41, 5.74) is 1.20. The van der Waals surface area contributed by atoms with Gasteiger partial charge in [0.1, 0.15) is 18.0 Å². The monoisotopic (exact) mass is 328 g/mol. The molecule has 1 saturated carbocycles. The lowest BCUT2D eigenvalue weighted by Crippen LogP contribution is -2.29. The number of rotatable bonds is 6. The molecule has 128 valence electrons. The van der Waals surface area contributed by atoms with Gasteiger partial charge in [-0.15, -0.1) is 0 Å². The lowest BCUT2D eigenvalue weighted by atomic mass is 10.3. The van der Waals surface area contributed by atoms with E-state index in [1.165, 1.54) is 37.2 Å².